The molecule has 0 spiro atoms. The maximum absolute atomic E-state index is 13.2. The lowest BCUT2D eigenvalue weighted by atomic mass is 10.2. The SMILES string of the molecule is O=c1c2sc(=S)n(-c3ccc(F)cc3)c2ncn1Cc1ccc(F)cc1. The molecule has 0 aliphatic rings. The van der Waals surface area contributed by atoms with Crippen LogP contribution in [0.15, 0.2) is 59.7 Å². The normalized spacial score (nSPS) is 11.2. The van der Waals surface area contributed by atoms with Crippen LogP contribution in [0.2, 0.25) is 0 Å². The van der Waals surface area contributed by atoms with Gasteiger partial charge in [-0.2, -0.15) is 0 Å². The summed E-state index contributed by atoms with van der Waals surface area (Å²) in [5, 5.41) is 0. The molecule has 0 radical (unpaired) electrons. The van der Waals surface area contributed by atoms with E-state index >= 15 is 0 Å². The number of aromatic nitrogens is 3. The van der Waals surface area contributed by atoms with E-state index in [0.29, 0.717) is 20.0 Å². The largest absolute Gasteiger partial charge is 0.293 e. The van der Waals surface area contributed by atoms with Gasteiger partial charge in [0.2, 0.25) is 0 Å². The summed E-state index contributed by atoms with van der Waals surface area (Å²) in [6, 6.07) is 11.8. The Balaban J connectivity index is 1.82. The first-order valence-corrected chi connectivity index (χ1v) is 8.87. The Labute approximate surface area is 155 Å². The highest BCUT2D eigenvalue weighted by atomic mass is 32.1. The zero-order valence-electron chi connectivity index (χ0n) is 13.2. The summed E-state index contributed by atoms with van der Waals surface area (Å²) in [4.78, 5) is 17.2. The first-order chi connectivity index (χ1) is 12.5. The van der Waals surface area contributed by atoms with Gasteiger partial charge < -0.3 is 0 Å². The van der Waals surface area contributed by atoms with Crippen molar-refractivity contribution < 1.29 is 8.78 Å². The van der Waals surface area contributed by atoms with Gasteiger partial charge in [0.25, 0.3) is 5.56 Å². The number of nitrogens with zero attached hydrogens (tertiary/aromatic N) is 3. The summed E-state index contributed by atoms with van der Waals surface area (Å²) < 4.78 is 30.2. The Hall–Kier alpha value is -2.71. The van der Waals surface area contributed by atoms with Gasteiger partial charge in [-0.3, -0.25) is 13.9 Å². The number of hydrogen-bond acceptors (Lipinski definition) is 4. The highest BCUT2D eigenvalue weighted by Crippen LogP contribution is 2.23. The van der Waals surface area contributed by atoms with Gasteiger partial charge in [0.05, 0.1) is 6.54 Å². The van der Waals surface area contributed by atoms with Crippen LogP contribution in [0.5, 0.6) is 0 Å². The Morgan fingerprint density at radius 1 is 1.00 bits per heavy atom. The van der Waals surface area contributed by atoms with Crippen molar-refractivity contribution in [2.75, 3.05) is 0 Å². The van der Waals surface area contributed by atoms with Gasteiger partial charge in [-0.05, 0) is 54.2 Å². The van der Waals surface area contributed by atoms with Crippen molar-refractivity contribution >= 4 is 33.9 Å². The van der Waals surface area contributed by atoms with Crippen molar-refractivity contribution in [3.63, 3.8) is 0 Å². The van der Waals surface area contributed by atoms with Crippen LogP contribution >= 0.6 is 23.6 Å². The molecule has 2 aromatic carbocycles. The number of halogens is 2. The molecule has 0 saturated heterocycles. The van der Waals surface area contributed by atoms with Gasteiger partial charge in [0.15, 0.2) is 9.60 Å². The maximum Gasteiger partial charge on any atom is 0.273 e. The molecule has 2 aromatic heterocycles. The summed E-state index contributed by atoms with van der Waals surface area (Å²) in [6.07, 6.45) is 1.44. The summed E-state index contributed by atoms with van der Waals surface area (Å²) in [5.41, 5.74) is 1.64. The maximum atomic E-state index is 13.2. The molecule has 0 N–H and O–H groups in total. The quantitative estimate of drug-likeness (QED) is 0.492. The monoisotopic (exact) mass is 387 g/mol. The number of fused-ring (bicyclic) bond motifs is 1. The third kappa shape index (κ3) is 2.97. The average Bonchev–Trinajstić information content (AvgIpc) is 2.97. The number of rotatable bonds is 3. The second-order valence-corrected chi connectivity index (χ2v) is 7.28. The molecule has 4 nitrogen and oxygen atoms in total. The Kier molecular flexibility index (Phi) is 4.21. The van der Waals surface area contributed by atoms with Gasteiger partial charge >= 0.3 is 0 Å². The van der Waals surface area contributed by atoms with E-state index in [1.165, 1.54) is 35.2 Å². The van der Waals surface area contributed by atoms with Crippen LogP contribution in [0.1, 0.15) is 5.56 Å². The lowest BCUT2D eigenvalue weighted by molar-refractivity contribution is 0.625. The first kappa shape index (κ1) is 16.7. The van der Waals surface area contributed by atoms with Crippen LogP contribution in [-0.4, -0.2) is 14.1 Å². The Morgan fingerprint density at radius 3 is 2.27 bits per heavy atom. The van der Waals surface area contributed by atoms with Crippen LogP contribution in [-0.2, 0) is 6.54 Å². The fourth-order valence-corrected chi connectivity index (χ4v) is 3.99. The van der Waals surface area contributed by atoms with Crippen molar-refractivity contribution in [2.24, 2.45) is 0 Å². The van der Waals surface area contributed by atoms with E-state index in [2.05, 4.69) is 4.98 Å². The highest BCUT2D eigenvalue weighted by Gasteiger charge is 2.13. The molecule has 0 unspecified atom stereocenters. The fraction of sp³-hybridized carbons (Fsp3) is 0.0556. The lowest BCUT2D eigenvalue weighted by Crippen LogP contribution is -2.20. The summed E-state index contributed by atoms with van der Waals surface area (Å²) >= 11 is 6.53. The van der Waals surface area contributed by atoms with E-state index < -0.39 is 0 Å². The van der Waals surface area contributed by atoms with E-state index in [4.69, 9.17) is 12.2 Å². The molecule has 0 atom stereocenters. The molecule has 2 heterocycles. The predicted molar refractivity (Wildman–Crippen MR) is 99.5 cm³/mol. The van der Waals surface area contributed by atoms with Gasteiger partial charge in [-0.15, -0.1) is 0 Å². The van der Waals surface area contributed by atoms with Gasteiger partial charge in [0, 0.05) is 5.69 Å². The smallest absolute Gasteiger partial charge is 0.273 e. The molecule has 4 rings (SSSR count). The van der Waals surface area contributed by atoms with E-state index in [1.54, 1.807) is 28.8 Å². The van der Waals surface area contributed by atoms with Crippen LogP contribution < -0.4 is 5.56 Å². The standard InChI is InChI=1S/C18H11F2N3OS2/c19-12-3-1-11(2-4-12)9-22-10-21-16-15(17(22)24)26-18(25)23(16)14-7-5-13(20)6-8-14/h1-8,10H,9H2. The van der Waals surface area contributed by atoms with E-state index in [9.17, 15) is 13.6 Å². The van der Waals surface area contributed by atoms with Gasteiger partial charge in [-0.25, -0.2) is 13.8 Å². The lowest BCUT2D eigenvalue weighted by Gasteiger charge is -2.07. The second kappa shape index (κ2) is 6.54. The molecule has 0 aliphatic carbocycles. The summed E-state index contributed by atoms with van der Waals surface area (Å²) in [5.74, 6) is -0.682. The van der Waals surface area contributed by atoms with Crippen molar-refractivity contribution in [1.82, 2.24) is 14.1 Å². The second-order valence-electron chi connectivity index (χ2n) is 5.64. The molecule has 0 amide bonds. The molecular formula is C18H11F2N3OS2. The van der Waals surface area contributed by atoms with E-state index in [0.717, 1.165) is 16.9 Å². The van der Waals surface area contributed by atoms with Crippen LogP contribution in [0, 0.1) is 15.6 Å². The molecule has 8 heteroatoms. The number of thiazole rings is 1. The van der Waals surface area contributed by atoms with Crippen molar-refractivity contribution in [1.29, 1.82) is 0 Å². The Bertz CT molecular complexity index is 1210. The molecular weight excluding hydrogens is 376 g/mol. The molecule has 130 valence electrons. The molecule has 0 aliphatic heterocycles. The third-order valence-electron chi connectivity index (χ3n) is 3.91. The van der Waals surface area contributed by atoms with Crippen LogP contribution in [0.3, 0.4) is 0 Å². The topological polar surface area (TPSA) is 39.8 Å². The summed E-state index contributed by atoms with van der Waals surface area (Å²) in [7, 11) is 0. The first-order valence-electron chi connectivity index (χ1n) is 7.64. The van der Waals surface area contributed by atoms with Crippen LogP contribution in [0.25, 0.3) is 16.0 Å². The molecule has 26 heavy (non-hydrogen) atoms. The molecule has 0 bridgehead atoms. The zero-order chi connectivity index (χ0) is 18.3. The van der Waals surface area contributed by atoms with Crippen LogP contribution in [0.4, 0.5) is 8.78 Å². The minimum Gasteiger partial charge on any atom is -0.293 e. The minimum atomic E-state index is -0.352. The highest BCUT2D eigenvalue weighted by molar-refractivity contribution is 7.73. The number of benzene rings is 2. The minimum absolute atomic E-state index is 0.226. The molecule has 0 fully saturated rings. The van der Waals surface area contributed by atoms with Crippen molar-refractivity contribution in [3.8, 4) is 5.69 Å². The van der Waals surface area contributed by atoms with E-state index in [-0.39, 0.29) is 23.7 Å². The van der Waals surface area contributed by atoms with Gasteiger partial charge in [-0.1, -0.05) is 23.5 Å². The molecule has 0 saturated carbocycles. The van der Waals surface area contributed by atoms with Gasteiger partial charge in [0.1, 0.15) is 22.7 Å². The molecule has 4 aromatic rings. The number of hydrogen-bond donors (Lipinski definition) is 0. The zero-order valence-corrected chi connectivity index (χ0v) is 14.9. The predicted octanol–water partition coefficient (Wildman–Crippen LogP) is 4.30. The van der Waals surface area contributed by atoms with E-state index in [1.807, 2.05) is 0 Å². The van der Waals surface area contributed by atoms with Crippen molar-refractivity contribution in [3.05, 3.63) is 86.4 Å². The average molecular weight is 387 g/mol. The Morgan fingerprint density at radius 2 is 1.62 bits per heavy atom. The fourth-order valence-electron chi connectivity index (χ4n) is 2.65. The van der Waals surface area contributed by atoms with Crippen molar-refractivity contribution in [2.45, 2.75) is 6.54 Å². The third-order valence-corrected chi connectivity index (χ3v) is 5.26. The summed E-state index contributed by atoms with van der Waals surface area (Å²) in [6.45, 7) is 0.281.